The molecule has 9 rings (SSSR count). The van der Waals surface area contributed by atoms with Crippen LogP contribution < -0.4 is 20.3 Å². The van der Waals surface area contributed by atoms with Gasteiger partial charge in [-0.3, -0.25) is 29.2 Å². The molecular formula is C40H40BrN9O5. The molecule has 2 unspecified atom stereocenters. The molecule has 5 aromatic rings. The number of hydrogen-bond acceptors (Lipinski definition) is 9. The van der Waals surface area contributed by atoms with Crippen molar-refractivity contribution in [2.75, 3.05) is 31.1 Å². The molecule has 1 spiro atoms. The highest BCUT2D eigenvalue weighted by Crippen LogP contribution is 2.59. The fourth-order valence-corrected chi connectivity index (χ4v) is 8.80. The van der Waals surface area contributed by atoms with E-state index in [1.54, 1.807) is 35.1 Å². The summed E-state index contributed by atoms with van der Waals surface area (Å²) in [5, 5.41) is 10.2. The number of pyridine rings is 1. The van der Waals surface area contributed by atoms with Crippen LogP contribution in [0, 0.1) is 18.3 Å². The third kappa shape index (κ3) is 6.64. The van der Waals surface area contributed by atoms with E-state index in [0.29, 0.717) is 71.0 Å². The van der Waals surface area contributed by atoms with E-state index in [9.17, 15) is 19.2 Å². The van der Waals surface area contributed by atoms with Gasteiger partial charge in [0.25, 0.3) is 5.91 Å². The fourth-order valence-electron chi connectivity index (χ4n) is 8.42. The number of piperidine rings is 2. The number of carbonyl (C=O) groups excluding carboxylic acids is 4. The maximum absolute atomic E-state index is 13.4. The number of carbonyl (C=O) groups is 4. The van der Waals surface area contributed by atoms with Gasteiger partial charge in [-0.05, 0) is 90.5 Å². The molecule has 3 saturated heterocycles. The van der Waals surface area contributed by atoms with Gasteiger partial charge in [-0.1, -0.05) is 12.1 Å². The lowest BCUT2D eigenvalue weighted by Crippen LogP contribution is -2.54. The lowest BCUT2D eigenvalue weighted by molar-refractivity contribution is -0.134. The van der Waals surface area contributed by atoms with Crippen molar-refractivity contribution in [1.82, 2.24) is 40.3 Å². The van der Waals surface area contributed by atoms with Gasteiger partial charge >= 0.3 is 0 Å². The number of aryl methyl sites for hydroxylation is 2. The summed E-state index contributed by atoms with van der Waals surface area (Å²) in [4.78, 5) is 67.2. The zero-order valence-electron chi connectivity index (χ0n) is 30.5. The minimum atomic E-state index is -0.308. The molecule has 1 aliphatic carbocycles. The van der Waals surface area contributed by atoms with E-state index in [0.717, 1.165) is 48.3 Å². The van der Waals surface area contributed by atoms with E-state index in [-0.39, 0.29) is 46.9 Å². The molecule has 0 bridgehead atoms. The molecule has 55 heavy (non-hydrogen) atoms. The SMILES string of the molecule is Cc1nn(C)cc1-c1nc2ncc(Br)c(Oc3ccc(C(=O)N4CC5(CC5C(=O)NC5CCCN(c6ccc([C@@H]7CCC(=O)NC7=O)cc6)C5)C4)cc3)c2[nH]1. The van der Waals surface area contributed by atoms with Crippen LogP contribution in [0.1, 0.15) is 59.6 Å². The van der Waals surface area contributed by atoms with Gasteiger partial charge in [-0.2, -0.15) is 5.10 Å². The minimum Gasteiger partial charge on any atom is -0.454 e. The van der Waals surface area contributed by atoms with Crippen molar-refractivity contribution in [3.63, 3.8) is 0 Å². The number of aromatic amines is 1. The molecule has 1 saturated carbocycles. The van der Waals surface area contributed by atoms with Crippen molar-refractivity contribution in [3.05, 3.63) is 82.2 Å². The van der Waals surface area contributed by atoms with Gasteiger partial charge in [-0.15, -0.1) is 0 Å². The highest BCUT2D eigenvalue weighted by atomic mass is 79.9. The number of H-pyrrole nitrogens is 1. The average molecular weight is 807 g/mol. The topological polar surface area (TPSA) is 167 Å². The van der Waals surface area contributed by atoms with E-state index in [1.807, 2.05) is 49.3 Å². The lowest BCUT2D eigenvalue weighted by Gasteiger charge is -2.41. The summed E-state index contributed by atoms with van der Waals surface area (Å²) >= 11 is 3.56. The Morgan fingerprint density at radius 1 is 1.05 bits per heavy atom. The van der Waals surface area contributed by atoms with Crippen LogP contribution in [0.4, 0.5) is 5.69 Å². The van der Waals surface area contributed by atoms with E-state index in [4.69, 9.17) is 4.74 Å². The maximum Gasteiger partial charge on any atom is 0.253 e. The van der Waals surface area contributed by atoms with Gasteiger partial charge < -0.3 is 24.8 Å². The third-order valence-electron chi connectivity index (χ3n) is 11.5. The van der Waals surface area contributed by atoms with Crippen molar-refractivity contribution in [1.29, 1.82) is 0 Å². The third-order valence-corrected chi connectivity index (χ3v) is 12.1. The largest absolute Gasteiger partial charge is 0.454 e. The highest BCUT2D eigenvalue weighted by molar-refractivity contribution is 9.10. The average Bonchev–Trinajstić information content (AvgIpc) is 3.63. The first-order valence-electron chi connectivity index (χ1n) is 18.6. The molecule has 3 aromatic heterocycles. The first-order chi connectivity index (χ1) is 26.5. The number of imide groups is 1. The van der Waals surface area contributed by atoms with Crippen molar-refractivity contribution in [2.24, 2.45) is 18.4 Å². The van der Waals surface area contributed by atoms with Crippen LogP contribution in [-0.4, -0.2) is 85.5 Å². The summed E-state index contributed by atoms with van der Waals surface area (Å²) in [5.74, 6) is 0.907. The van der Waals surface area contributed by atoms with Crippen LogP contribution in [0.25, 0.3) is 22.6 Å². The Morgan fingerprint density at radius 3 is 2.56 bits per heavy atom. The molecule has 3 aliphatic heterocycles. The van der Waals surface area contributed by atoms with Gasteiger partial charge in [0.15, 0.2) is 11.4 Å². The molecule has 3 N–H and O–H groups in total. The molecule has 4 amide bonds. The van der Waals surface area contributed by atoms with E-state index in [2.05, 4.69) is 51.5 Å². The summed E-state index contributed by atoms with van der Waals surface area (Å²) in [7, 11) is 1.86. The fraction of sp³-hybridized carbons (Fsp3) is 0.375. The number of nitrogens with one attached hydrogen (secondary N) is 3. The van der Waals surface area contributed by atoms with Gasteiger partial charge in [-0.25, -0.2) is 9.97 Å². The second kappa shape index (κ2) is 13.6. The molecule has 2 aromatic carbocycles. The minimum absolute atomic E-state index is 0.0387. The Balaban J connectivity index is 0.775. The molecule has 6 heterocycles. The molecule has 15 heteroatoms. The summed E-state index contributed by atoms with van der Waals surface area (Å²) < 4.78 is 8.68. The number of ether oxygens (including phenoxy) is 1. The predicted octanol–water partition coefficient (Wildman–Crippen LogP) is 4.99. The van der Waals surface area contributed by atoms with Crippen LogP contribution in [-0.2, 0) is 21.4 Å². The van der Waals surface area contributed by atoms with Crippen LogP contribution >= 0.6 is 15.9 Å². The second-order valence-electron chi connectivity index (χ2n) is 15.3. The first-order valence-corrected chi connectivity index (χ1v) is 19.4. The Labute approximate surface area is 325 Å². The van der Waals surface area contributed by atoms with Crippen molar-refractivity contribution in [3.8, 4) is 22.9 Å². The summed E-state index contributed by atoms with van der Waals surface area (Å²) in [6.07, 6.45) is 7.09. The summed E-state index contributed by atoms with van der Waals surface area (Å²) in [5.41, 5.74) is 5.26. The Bertz CT molecular complexity index is 2350. The molecule has 4 fully saturated rings. The van der Waals surface area contributed by atoms with Gasteiger partial charge in [0.2, 0.25) is 17.7 Å². The predicted molar refractivity (Wildman–Crippen MR) is 206 cm³/mol. The smallest absolute Gasteiger partial charge is 0.253 e. The number of halogens is 1. The first kappa shape index (κ1) is 35.2. The second-order valence-corrected chi connectivity index (χ2v) is 16.2. The molecular weight excluding hydrogens is 766 g/mol. The van der Waals surface area contributed by atoms with E-state index < -0.39 is 0 Å². The number of benzene rings is 2. The number of anilines is 1. The van der Waals surface area contributed by atoms with Crippen LogP contribution in [0.5, 0.6) is 11.5 Å². The summed E-state index contributed by atoms with van der Waals surface area (Å²) in [6, 6.07) is 15.1. The van der Waals surface area contributed by atoms with E-state index >= 15 is 0 Å². The van der Waals surface area contributed by atoms with Gasteiger partial charge in [0.1, 0.15) is 17.1 Å². The lowest BCUT2D eigenvalue weighted by atomic mass is 9.90. The normalized spacial score (nSPS) is 21.7. The molecule has 3 atom stereocenters. The Morgan fingerprint density at radius 2 is 1.84 bits per heavy atom. The number of amides is 4. The number of nitrogens with zero attached hydrogens (tertiary/aromatic N) is 6. The molecule has 4 aliphatic rings. The number of aromatic nitrogens is 5. The zero-order valence-corrected chi connectivity index (χ0v) is 32.1. The van der Waals surface area contributed by atoms with E-state index in [1.165, 1.54) is 0 Å². The van der Waals surface area contributed by atoms with Crippen LogP contribution in [0.2, 0.25) is 0 Å². The number of hydrogen-bond donors (Lipinski definition) is 3. The van der Waals surface area contributed by atoms with Crippen LogP contribution in [0.15, 0.2) is 65.4 Å². The Hall–Kier alpha value is -5.57. The zero-order chi connectivity index (χ0) is 38.0. The van der Waals surface area contributed by atoms with Crippen molar-refractivity contribution < 1.29 is 23.9 Å². The number of likely N-dealkylation sites (tertiary alicyclic amines) is 1. The highest BCUT2D eigenvalue weighted by Gasteiger charge is 2.65. The standard InChI is InChI=1S/C40H40BrN9O5/c1-22-29(19-48(2)47-22)35-45-33-34(31(41)17-42-36(33)46-35)55-27-11-7-24(8-12-27)39(54)50-20-40(21-50)16-30(40)38(53)43-25-4-3-15-49(18-25)26-9-5-23(6-10-26)28-13-14-32(51)44-37(28)52/h5-12,17,19,25,28,30H,3-4,13-16,18,20-21H2,1-2H3,(H,43,53)(H,42,45,46)(H,44,51,52)/t25?,28-,30?/m0/s1. The molecule has 282 valence electrons. The monoisotopic (exact) mass is 805 g/mol. The number of fused-ring (bicyclic) bond motifs is 1. The molecule has 14 nitrogen and oxygen atoms in total. The Kier molecular flexibility index (Phi) is 8.71. The van der Waals surface area contributed by atoms with Gasteiger partial charge in [0.05, 0.1) is 21.6 Å². The van der Waals surface area contributed by atoms with Crippen molar-refractivity contribution in [2.45, 2.75) is 51.0 Å². The summed E-state index contributed by atoms with van der Waals surface area (Å²) in [6.45, 7) is 4.67. The quantitative estimate of drug-likeness (QED) is 0.183. The van der Waals surface area contributed by atoms with Crippen LogP contribution in [0.3, 0.4) is 0 Å². The molecule has 0 radical (unpaired) electrons. The number of imidazole rings is 1. The van der Waals surface area contributed by atoms with Gasteiger partial charge in [0, 0.05) is 80.7 Å². The number of rotatable bonds is 8. The van der Waals surface area contributed by atoms with Crippen molar-refractivity contribution >= 4 is 56.4 Å². The maximum atomic E-state index is 13.4.